The standard InChI is InChI=1S/C13H14N4O/c1-2-13(18)15-7-11-5-3-4-6-12(11)8-17-10-14-9-16-17/h2-6,9-10H,1,7-8H2,(H,15,18). The van der Waals surface area contributed by atoms with Gasteiger partial charge in [0.15, 0.2) is 0 Å². The number of hydrogen-bond donors (Lipinski definition) is 1. The Labute approximate surface area is 105 Å². The first-order valence-electron chi connectivity index (χ1n) is 5.59. The molecular formula is C13H14N4O. The van der Waals surface area contributed by atoms with Crippen LogP contribution in [0.3, 0.4) is 0 Å². The van der Waals surface area contributed by atoms with Crippen LogP contribution >= 0.6 is 0 Å². The minimum Gasteiger partial charge on any atom is -0.348 e. The highest BCUT2D eigenvalue weighted by Gasteiger charge is 2.04. The third-order valence-corrected chi connectivity index (χ3v) is 2.56. The summed E-state index contributed by atoms with van der Waals surface area (Å²) in [6, 6.07) is 7.90. The summed E-state index contributed by atoms with van der Waals surface area (Å²) < 4.78 is 1.74. The van der Waals surface area contributed by atoms with Crippen molar-refractivity contribution in [2.75, 3.05) is 0 Å². The van der Waals surface area contributed by atoms with Gasteiger partial charge in [-0.25, -0.2) is 9.67 Å². The lowest BCUT2D eigenvalue weighted by Gasteiger charge is -2.09. The number of nitrogens with one attached hydrogen (secondary N) is 1. The molecule has 1 amide bonds. The van der Waals surface area contributed by atoms with E-state index in [0.717, 1.165) is 11.1 Å². The maximum Gasteiger partial charge on any atom is 0.243 e. The molecule has 1 aromatic heterocycles. The van der Waals surface area contributed by atoms with Gasteiger partial charge >= 0.3 is 0 Å². The largest absolute Gasteiger partial charge is 0.348 e. The lowest BCUT2D eigenvalue weighted by Crippen LogP contribution is -2.21. The van der Waals surface area contributed by atoms with E-state index in [1.807, 2.05) is 24.3 Å². The van der Waals surface area contributed by atoms with Crippen molar-refractivity contribution in [1.29, 1.82) is 0 Å². The summed E-state index contributed by atoms with van der Waals surface area (Å²) in [4.78, 5) is 15.1. The van der Waals surface area contributed by atoms with Crippen LogP contribution in [0.2, 0.25) is 0 Å². The minimum atomic E-state index is -0.175. The highest BCUT2D eigenvalue weighted by atomic mass is 16.1. The summed E-state index contributed by atoms with van der Waals surface area (Å²) in [7, 11) is 0. The van der Waals surface area contributed by atoms with Gasteiger partial charge in [-0.3, -0.25) is 4.79 Å². The molecule has 0 fully saturated rings. The van der Waals surface area contributed by atoms with Crippen LogP contribution in [0.25, 0.3) is 0 Å². The number of nitrogens with zero attached hydrogens (tertiary/aromatic N) is 3. The number of amides is 1. The van der Waals surface area contributed by atoms with Crippen molar-refractivity contribution >= 4 is 5.91 Å². The number of carbonyl (C=O) groups is 1. The van der Waals surface area contributed by atoms with Crippen LogP contribution in [0, 0.1) is 0 Å². The third-order valence-electron chi connectivity index (χ3n) is 2.56. The van der Waals surface area contributed by atoms with E-state index in [-0.39, 0.29) is 5.91 Å². The molecule has 1 heterocycles. The van der Waals surface area contributed by atoms with Crippen molar-refractivity contribution < 1.29 is 4.79 Å². The second kappa shape index (κ2) is 5.77. The molecule has 0 atom stereocenters. The van der Waals surface area contributed by atoms with E-state index >= 15 is 0 Å². The van der Waals surface area contributed by atoms with E-state index in [0.29, 0.717) is 13.1 Å². The Morgan fingerprint density at radius 2 is 2.17 bits per heavy atom. The zero-order valence-corrected chi connectivity index (χ0v) is 9.91. The number of benzene rings is 1. The van der Waals surface area contributed by atoms with Gasteiger partial charge in [0.25, 0.3) is 0 Å². The van der Waals surface area contributed by atoms with Gasteiger partial charge in [0.1, 0.15) is 12.7 Å². The second-order valence-corrected chi connectivity index (χ2v) is 3.78. The van der Waals surface area contributed by atoms with E-state index in [2.05, 4.69) is 22.0 Å². The number of rotatable bonds is 5. The van der Waals surface area contributed by atoms with E-state index < -0.39 is 0 Å². The fraction of sp³-hybridized carbons (Fsp3) is 0.154. The van der Waals surface area contributed by atoms with Crippen molar-refractivity contribution in [2.45, 2.75) is 13.1 Å². The van der Waals surface area contributed by atoms with E-state index in [1.165, 1.54) is 12.4 Å². The molecule has 18 heavy (non-hydrogen) atoms. The molecule has 1 N–H and O–H groups in total. The summed E-state index contributed by atoms with van der Waals surface area (Å²) in [6.45, 7) is 4.54. The van der Waals surface area contributed by atoms with E-state index in [9.17, 15) is 4.79 Å². The maximum absolute atomic E-state index is 11.2. The molecule has 2 rings (SSSR count). The van der Waals surface area contributed by atoms with Crippen LogP contribution in [-0.2, 0) is 17.9 Å². The average Bonchev–Trinajstić information content (AvgIpc) is 2.90. The zero-order chi connectivity index (χ0) is 12.8. The van der Waals surface area contributed by atoms with Crippen molar-refractivity contribution in [3.05, 3.63) is 60.7 Å². The Bertz CT molecular complexity index is 534. The van der Waals surface area contributed by atoms with Crippen LogP contribution in [0.4, 0.5) is 0 Å². The second-order valence-electron chi connectivity index (χ2n) is 3.78. The molecule has 1 aromatic carbocycles. The summed E-state index contributed by atoms with van der Waals surface area (Å²) in [5.41, 5.74) is 2.16. The molecule has 5 heteroatoms. The summed E-state index contributed by atoms with van der Waals surface area (Å²) in [5.74, 6) is -0.175. The summed E-state index contributed by atoms with van der Waals surface area (Å²) >= 11 is 0. The number of carbonyl (C=O) groups excluding carboxylic acids is 1. The zero-order valence-electron chi connectivity index (χ0n) is 9.91. The van der Waals surface area contributed by atoms with E-state index in [1.54, 1.807) is 11.0 Å². The van der Waals surface area contributed by atoms with Crippen molar-refractivity contribution in [3.8, 4) is 0 Å². The Morgan fingerprint density at radius 1 is 1.39 bits per heavy atom. The van der Waals surface area contributed by atoms with Gasteiger partial charge in [-0.05, 0) is 17.2 Å². The molecule has 0 saturated carbocycles. The third kappa shape index (κ3) is 3.04. The van der Waals surface area contributed by atoms with Crippen LogP contribution in [0.5, 0.6) is 0 Å². The molecule has 5 nitrogen and oxygen atoms in total. The predicted octanol–water partition coefficient (Wildman–Crippen LogP) is 1.13. The first-order valence-corrected chi connectivity index (χ1v) is 5.59. The SMILES string of the molecule is C=CC(=O)NCc1ccccc1Cn1cncn1. The van der Waals surface area contributed by atoms with Gasteiger partial charge in [0.2, 0.25) is 5.91 Å². The van der Waals surface area contributed by atoms with Gasteiger partial charge in [-0.15, -0.1) is 0 Å². The average molecular weight is 242 g/mol. The van der Waals surface area contributed by atoms with Crippen LogP contribution in [0.1, 0.15) is 11.1 Å². The molecule has 0 unspecified atom stereocenters. The highest BCUT2D eigenvalue weighted by molar-refractivity contribution is 5.86. The normalized spacial score (nSPS) is 10.0. The highest BCUT2D eigenvalue weighted by Crippen LogP contribution is 2.09. The molecule has 0 bridgehead atoms. The van der Waals surface area contributed by atoms with Gasteiger partial charge in [-0.2, -0.15) is 5.10 Å². The Morgan fingerprint density at radius 3 is 2.83 bits per heavy atom. The fourth-order valence-electron chi connectivity index (χ4n) is 1.63. The van der Waals surface area contributed by atoms with Gasteiger partial charge < -0.3 is 5.32 Å². The minimum absolute atomic E-state index is 0.175. The molecule has 0 spiro atoms. The van der Waals surface area contributed by atoms with Crippen LogP contribution in [-0.4, -0.2) is 20.7 Å². The smallest absolute Gasteiger partial charge is 0.243 e. The van der Waals surface area contributed by atoms with Crippen LogP contribution < -0.4 is 5.32 Å². The molecule has 0 aliphatic rings. The summed E-state index contributed by atoms with van der Waals surface area (Å²) in [5, 5.41) is 6.83. The molecular weight excluding hydrogens is 228 g/mol. The Balaban J connectivity index is 2.10. The molecule has 0 aliphatic carbocycles. The molecule has 0 aliphatic heterocycles. The topological polar surface area (TPSA) is 59.8 Å². The molecule has 2 aromatic rings. The lowest BCUT2D eigenvalue weighted by molar-refractivity contribution is -0.116. The Hall–Kier alpha value is -2.43. The fourth-order valence-corrected chi connectivity index (χ4v) is 1.63. The molecule has 0 radical (unpaired) electrons. The van der Waals surface area contributed by atoms with Crippen molar-refractivity contribution in [2.24, 2.45) is 0 Å². The monoisotopic (exact) mass is 242 g/mol. The van der Waals surface area contributed by atoms with Gasteiger partial charge in [0, 0.05) is 6.54 Å². The van der Waals surface area contributed by atoms with Gasteiger partial charge in [-0.1, -0.05) is 30.8 Å². The first kappa shape index (κ1) is 12.0. The van der Waals surface area contributed by atoms with Crippen LogP contribution in [0.15, 0.2) is 49.6 Å². The summed E-state index contributed by atoms with van der Waals surface area (Å²) in [6.07, 6.45) is 4.43. The molecule has 0 saturated heterocycles. The van der Waals surface area contributed by atoms with Crippen molar-refractivity contribution in [3.63, 3.8) is 0 Å². The number of hydrogen-bond acceptors (Lipinski definition) is 3. The van der Waals surface area contributed by atoms with E-state index in [4.69, 9.17) is 0 Å². The molecule has 92 valence electrons. The quantitative estimate of drug-likeness (QED) is 0.799. The predicted molar refractivity (Wildman–Crippen MR) is 67.6 cm³/mol. The lowest BCUT2D eigenvalue weighted by atomic mass is 10.1. The van der Waals surface area contributed by atoms with Gasteiger partial charge in [0.05, 0.1) is 6.54 Å². The maximum atomic E-state index is 11.2. The number of aromatic nitrogens is 3. The first-order chi connectivity index (χ1) is 8.79. The van der Waals surface area contributed by atoms with Crippen molar-refractivity contribution in [1.82, 2.24) is 20.1 Å². The Kier molecular flexibility index (Phi) is 3.86.